The zero-order valence-electron chi connectivity index (χ0n) is 14.3. The lowest BCUT2D eigenvalue weighted by Crippen LogP contribution is -2.53. The molecule has 0 aromatic heterocycles. The van der Waals surface area contributed by atoms with Gasteiger partial charge >= 0.3 is 0 Å². The van der Waals surface area contributed by atoms with Crippen LogP contribution in [-0.4, -0.2) is 24.5 Å². The van der Waals surface area contributed by atoms with E-state index in [1.165, 1.54) is 6.07 Å². The Bertz CT molecular complexity index is 560. The zero-order chi connectivity index (χ0) is 16.3. The Balaban J connectivity index is 0.00000208. The maximum atomic E-state index is 13.7. The fraction of sp³-hybridized carbons (Fsp3) is 0.632. The van der Waals surface area contributed by atoms with Crippen molar-refractivity contribution in [2.75, 3.05) is 6.54 Å². The predicted octanol–water partition coefficient (Wildman–Crippen LogP) is 3.71. The van der Waals surface area contributed by atoms with Crippen molar-refractivity contribution in [2.24, 2.45) is 0 Å². The third kappa shape index (κ3) is 4.09. The first-order valence-electron chi connectivity index (χ1n) is 8.90. The number of hydrogen-bond acceptors (Lipinski definition) is 2. The van der Waals surface area contributed by atoms with Gasteiger partial charge in [-0.3, -0.25) is 4.79 Å². The number of halogens is 2. The largest absolute Gasteiger partial charge is 0.352 e. The van der Waals surface area contributed by atoms with Crippen LogP contribution in [0.3, 0.4) is 0 Å². The topological polar surface area (TPSA) is 41.1 Å². The lowest BCUT2D eigenvalue weighted by Gasteiger charge is -2.39. The second-order valence-corrected chi connectivity index (χ2v) is 7.20. The smallest absolute Gasteiger partial charge is 0.230 e. The fourth-order valence-electron chi connectivity index (χ4n) is 4.17. The van der Waals surface area contributed by atoms with Gasteiger partial charge in [-0.25, -0.2) is 4.39 Å². The average molecular weight is 355 g/mol. The minimum atomic E-state index is -0.547. The van der Waals surface area contributed by atoms with Gasteiger partial charge in [0.1, 0.15) is 5.82 Å². The van der Waals surface area contributed by atoms with E-state index in [-0.39, 0.29) is 30.2 Å². The summed E-state index contributed by atoms with van der Waals surface area (Å²) in [5.41, 5.74) is 0.297. The summed E-state index contributed by atoms with van der Waals surface area (Å²) in [6.07, 6.45) is 6.81. The van der Waals surface area contributed by atoms with Gasteiger partial charge < -0.3 is 10.6 Å². The van der Waals surface area contributed by atoms with Crippen LogP contribution in [0.1, 0.15) is 57.4 Å². The van der Waals surface area contributed by atoms with E-state index in [1.807, 2.05) is 6.07 Å². The number of rotatable bonds is 3. The first-order chi connectivity index (χ1) is 11.1. The summed E-state index contributed by atoms with van der Waals surface area (Å²) >= 11 is 0. The lowest BCUT2D eigenvalue weighted by atomic mass is 9.68. The molecular weight excluding hydrogens is 327 g/mol. The molecule has 1 aromatic carbocycles. The average Bonchev–Trinajstić information content (AvgIpc) is 2.55. The van der Waals surface area contributed by atoms with Gasteiger partial charge in [0.15, 0.2) is 0 Å². The van der Waals surface area contributed by atoms with Crippen LogP contribution in [-0.2, 0) is 10.2 Å². The molecule has 0 bridgehead atoms. The van der Waals surface area contributed by atoms with Gasteiger partial charge in [-0.1, -0.05) is 31.4 Å². The molecule has 2 unspecified atom stereocenters. The van der Waals surface area contributed by atoms with Crippen molar-refractivity contribution in [3.63, 3.8) is 0 Å². The Morgan fingerprint density at radius 3 is 2.71 bits per heavy atom. The highest BCUT2D eigenvalue weighted by Crippen LogP contribution is 2.40. The maximum Gasteiger partial charge on any atom is 0.230 e. The maximum absolute atomic E-state index is 13.7. The van der Waals surface area contributed by atoms with Crippen LogP contribution in [0.5, 0.6) is 0 Å². The van der Waals surface area contributed by atoms with E-state index < -0.39 is 5.41 Å². The van der Waals surface area contributed by atoms with E-state index in [4.69, 9.17) is 0 Å². The molecule has 1 heterocycles. The standard InChI is InChI=1S/C19H27FN2O.ClH/c1-14-12-17(8-11-21-14)22-18(23)19(9-3-2-4-10-19)15-6-5-7-16(20)13-15;/h5-7,13-14,17,21H,2-4,8-12H2,1H3,(H,22,23);1H. The number of benzene rings is 1. The van der Waals surface area contributed by atoms with Crippen LogP contribution < -0.4 is 10.6 Å². The van der Waals surface area contributed by atoms with Gasteiger partial charge in [0.05, 0.1) is 5.41 Å². The van der Waals surface area contributed by atoms with Crippen LogP contribution in [0.4, 0.5) is 4.39 Å². The molecule has 2 N–H and O–H groups in total. The van der Waals surface area contributed by atoms with E-state index in [0.29, 0.717) is 6.04 Å². The van der Waals surface area contributed by atoms with E-state index in [0.717, 1.165) is 57.1 Å². The molecule has 0 spiro atoms. The first-order valence-corrected chi connectivity index (χ1v) is 8.90. The van der Waals surface area contributed by atoms with Gasteiger partial charge in [-0.15, -0.1) is 12.4 Å². The SMILES string of the molecule is CC1CC(NC(=O)C2(c3cccc(F)c3)CCCCC2)CCN1.Cl. The van der Waals surface area contributed by atoms with Crippen LogP contribution in [0.2, 0.25) is 0 Å². The van der Waals surface area contributed by atoms with Crippen LogP contribution in [0.25, 0.3) is 0 Å². The number of piperidine rings is 1. The Labute approximate surface area is 150 Å². The lowest BCUT2D eigenvalue weighted by molar-refractivity contribution is -0.129. The molecule has 1 aromatic rings. The monoisotopic (exact) mass is 354 g/mol. The quantitative estimate of drug-likeness (QED) is 0.868. The van der Waals surface area contributed by atoms with Crippen LogP contribution in [0, 0.1) is 5.82 Å². The van der Waals surface area contributed by atoms with Crippen molar-refractivity contribution in [1.82, 2.24) is 10.6 Å². The second kappa shape index (κ2) is 8.30. The van der Waals surface area contributed by atoms with Crippen LogP contribution in [0.15, 0.2) is 24.3 Å². The van der Waals surface area contributed by atoms with E-state index in [1.54, 1.807) is 12.1 Å². The molecule has 2 fully saturated rings. The van der Waals surface area contributed by atoms with Crippen molar-refractivity contribution < 1.29 is 9.18 Å². The summed E-state index contributed by atoms with van der Waals surface area (Å²) in [5, 5.41) is 6.69. The van der Waals surface area contributed by atoms with E-state index >= 15 is 0 Å². The summed E-state index contributed by atoms with van der Waals surface area (Å²) in [6, 6.07) is 7.30. The van der Waals surface area contributed by atoms with Gasteiger partial charge in [0, 0.05) is 12.1 Å². The molecule has 1 aliphatic carbocycles. The summed E-state index contributed by atoms with van der Waals surface area (Å²) in [7, 11) is 0. The summed E-state index contributed by atoms with van der Waals surface area (Å²) in [4.78, 5) is 13.2. The first kappa shape index (κ1) is 19.2. The molecule has 5 heteroatoms. The van der Waals surface area contributed by atoms with Crippen molar-refractivity contribution in [1.29, 1.82) is 0 Å². The van der Waals surface area contributed by atoms with Crippen molar-refractivity contribution in [3.05, 3.63) is 35.6 Å². The van der Waals surface area contributed by atoms with Crippen molar-refractivity contribution in [3.8, 4) is 0 Å². The molecule has 2 aliphatic rings. The highest BCUT2D eigenvalue weighted by Gasteiger charge is 2.42. The minimum absolute atomic E-state index is 0. The van der Waals surface area contributed by atoms with E-state index in [2.05, 4.69) is 17.6 Å². The summed E-state index contributed by atoms with van der Waals surface area (Å²) in [5.74, 6) is -0.155. The molecule has 3 nitrogen and oxygen atoms in total. The zero-order valence-corrected chi connectivity index (χ0v) is 15.1. The molecule has 1 saturated carbocycles. The number of hydrogen-bond donors (Lipinski definition) is 2. The number of nitrogens with one attached hydrogen (secondary N) is 2. The molecule has 1 aliphatic heterocycles. The van der Waals surface area contributed by atoms with E-state index in [9.17, 15) is 9.18 Å². The molecule has 0 radical (unpaired) electrons. The summed E-state index contributed by atoms with van der Waals surface area (Å²) < 4.78 is 13.7. The molecule has 134 valence electrons. The van der Waals surface area contributed by atoms with Gasteiger partial charge in [0.2, 0.25) is 5.91 Å². The van der Waals surface area contributed by atoms with Gasteiger partial charge in [-0.2, -0.15) is 0 Å². The second-order valence-electron chi connectivity index (χ2n) is 7.20. The number of amides is 1. The third-order valence-corrected chi connectivity index (χ3v) is 5.48. The predicted molar refractivity (Wildman–Crippen MR) is 97.0 cm³/mol. The minimum Gasteiger partial charge on any atom is -0.352 e. The highest BCUT2D eigenvalue weighted by molar-refractivity contribution is 5.88. The highest BCUT2D eigenvalue weighted by atomic mass is 35.5. The third-order valence-electron chi connectivity index (χ3n) is 5.48. The molecule has 2 atom stereocenters. The Morgan fingerprint density at radius 1 is 1.29 bits per heavy atom. The molecular formula is C19H28ClFN2O. The van der Waals surface area contributed by atoms with Crippen molar-refractivity contribution >= 4 is 18.3 Å². The Morgan fingerprint density at radius 2 is 2.04 bits per heavy atom. The molecule has 3 rings (SSSR count). The summed E-state index contributed by atoms with van der Waals surface area (Å²) in [6.45, 7) is 3.10. The number of carbonyl (C=O) groups is 1. The number of carbonyl (C=O) groups excluding carboxylic acids is 1. The van der Waals surface area contributed by atoms with Crippen molar-refractivity contribution in [2.45, 2.75) is 69.4 Å². The molecule has 24 heavy (non-hydrogen) atoms. The van der Waals surface area contributed by atoms with Gasteiger partial charge in [0.25, 0.3) is 0 Å². The van der Waals surface area contributed by atoms with Gasteiger partial charge in [-0.05, 0) is 56.8 Å². The molecule has 1 amide bonds. The Kier molecular flexibility index (Phi) is 6.64. The normalized spacial score (nSPS) is 26.2. The fourth-order valence-corrected chi connectivity index (χ4v) is 4.17. The van der Waals surface area contributed by atoms with Crippen LogP contribution >= 0.6 is 12.4 Å². The Hall–Kier alpha value is -1.13. The molecule has 1 saturated heterocycles.